The zero-order valence-corrected chi connectivity index (χ0v) is 9.28. The third-order valence-electron chi connectivity index (χ3n) is 1.94. The zero-order chi connectivity index (χ0) is 9.97. The number of halogens is 1. The molecule has 0 saturated heterocycles. The van der Waals surface area contributed by atoms with Gasteiger partial charge in [0.05, 0.1) is 12.0 Å². The minimum atomic E-state index is 0.634. The van der Waals surface area contributed by atoms with Gasteiger partial charge >= 0.3 is 0 Å². The van der Waals surface area contributed by atoms with Crippen LogP contribution in [0.4, 0.5) is 0 Å². The smallest absolute Gasteiger partial charge is 0.195 e. The first-order valence-electron chi connectivity index (χ1n) is 4.23. The van der Waals surface area contributed by atoms with E-state index >= 15 is 0 Å². The van der Waals surface area contributed by atoms with E-state index < -0.39 is 0 Å². The first-order valence-corrected chi connectivity index (χ1v) is 5.36. The second-order valence-electron chi connectivity index (χ2n) is 2.93. The van der Waals surface area contributed by atoms with E-state index in [1.54, 1.807) is 12.5 Å². The van der Waals surface area contributed by atoms with Gasteiger partial charge in [0.1, 0.15) is 0 Å². The molecule has 0 bridgehead atoms. The molecule has 0 aliphatic rings. The summed E-state index contributed by atoms with van der Waals surface area (Å²) in [5.41, 5.74) is 2.07. The van der Waals surface area contributed by atoms with Gasteiger partial charge in [0.2, 0.25) is 0 Å². The Hall–Kier alpha value is -1.16. The summed E-state index contributed by atoms with van der Waals surface area (Å²) in [4.78, 5) is 8.59. The summed E-state index contributed by atoms with van der Waals surface area (Å²) < 4.78 is 5.22. The minimum absolute atomic E-state index is 0.634. The average Bonchev–Trinajstić information content (AvgIpc) is 2.71. The predicted molar refractivity (Wildman–Crippen MR) is 57.1 cm³/mol. The van der Waals surface area contributed by atoms with Gasteiger partial charge in [0.25, 0.3) is 0 Å². The number of rotatable bonds is 2. The Balaban J connectivity index is 2.46. The molecular formula is C10H9BrN2O. The highest BCUT2D eigenvalue weighted by atomic mass is 79.9. The van der Waals surface area contributed by atoms with Crippen LogP contribution in [0.5, 0.6) is 0 Å². The van der Waals surface area contributed by atoms with Crippen molar-refractivity contribution >= 4 is 15.9 Å². The highest BCUT2D eigenvalue weighted by Gasteiger charge is 2.06. The van der Waals surface area contributed by atoms with Crippen LogP contribution in [0.25, 0.3) is 11.6 Å². The summed E-state index contributed by atoms with van der Waals surface area (Å²) in [5, 5.41) is 0.731. The molecule has 0 fully saturated rings. The summed E-state index contributed by atoms with van der Waals surface area (Å²) in [6, 6.07) is 3.68. The van der Waals surface area contributed by atoms with E-state index in [0.29, 0.717) is 11.6 Å². The molecule has 4 heteroatoms. The summed E-state index contributed by atoms with van der Waals surface area (Å²) in [6.07, 6.45) is 3.42. The van der Waals surface area contributed by atoms with E-state index in [2.05, 4.69) is 25.9 Å². The van der Waals surface area contributed by atoms with Crippen molar-refractivity contribution < 1.29 is 4.42 Å². The van der Waals surface area contributed by atoms with Gasteiger partial charge in [0, 0.05) is 11.5 Å². The Morgan fingerprint density at radius 2 is 2.36 bits per heavy atom. The van der Waals surface area contributed by atoms with Crippen LogP contribution in [0, 0.1) is 6.92 Å². The summed E-state index contributed by atoms with van der Waals surface area (Å²) in [6.45, 7) is 1.99. The van der Waals surface area contributed by atoms with E-state index in [0.717, 1.165) is 16.6 Å². The molecule has 0 saturated carbocycles. The maximum Gasteiger partial charge on any atom is 0.195 e. The third-order valence-corrected chi connectivity index (χ3v) is 2.48. The van der Waals surface area contributed by atoms with Crippen LogP contribution in [-0.4, -0.2) is 9.97 Å². The van der Waals surface area contributed by atoms with E-state index in [-0.39, 0.29) is 0 Å². The topological polar surface area (TPSA) is 38.9 Å². The van der Waals surface area contributed by atoms with Gasteiger partial charge in [-0.05, 0) is 24.6 Å². The van der Waals surface area contributed by atoms with Crippen molar-refractivity contribution in [2.75, 3.05) is 0 Å². The van der Waals surface area contributed by atoms with Crippen LogP contribution >= 0.6 is 15.9 Å². The Labute approximate surface area is 90.3 Å². The van der Waals surface area contributed by atoms with Gasteiger partial charge in [-0.25, -0.2) is 9.97 Å². The van der Waals surface area contributed by atoms with E-state index in [1.807, 2.05) is 19.1 Å². The van der Waals surface area contributed by atoms with Crippen molar-refractivity contribution in [2.24, 2.45) is 0 Å². The highest BCUT2D eigenvalue weighted by Crippen LogP contribution is 2.17. The molecule has 14 heavy (non-hydrogen) atoms. The lowest BCUT2D eigenvalue weighted by molar-refractivity contribution is 0.577. The number of hydrogen-bond donors (Lipinski definition) is 0. The van der Waals surface area contributed by atoms with E-state index in [9.17, 15) is 0 Å². The maximum atomic E-state index is 5.22. The van der Waals surface area contributed by atoms with Gasteiger partial charge in [-0.3, -0.25) is 0 Å². The van der Waals surface area contributed by atoms with Gasteiger partial charge in [-0.15, -0.1) is 0 Å². The Morgan fingerprint density at radius 3 is 3.00 bits per heavy atom. The van der Waals surface area contributed by atoms with Crippen LogP contribution in [0.3, 0.4) is 0 Å². The number of nitrogens with zero attached hydrogens (tertiary/aromatic N) is 2. The molecule has 2 aromatic rings. The van der Waals surface area contributed by atoms with Crippen molar-refractivity contribution in [3.05, 3.63) is 35.9 Å². The normalized spacial score (nSPS) is 10.4. The molecule has 0 N–H and O–H groups in total. The number of hydrogen-bond acceptors (Lipinski definition) is 3. The summed E-state index contributed by atoms with van der Waals surface area (Å²) in [7, 11) is 0. The fourth-order valence-corrected chi connectivity index (χ4v) is 1.70. The number of aromatic nitrogens is 2. The molecule has 0 atom stereocenters. The SMILES string of the molecule is Cc1cnc(-c2ccco2)nc1CBr. The monoisotopic (exact) mass is 252 g/mol. The molecule has 0 aromatic carbocycles. The van der Waals surface area contributed by atoms with Crippen molar-refractivity contribution in [1.29, 1.82) is 0 Å². The van der Waals surface area contributed by atoms with Crippen LogP contribution < -0.4 is 0 Å². The predicted octanol–water partition coefficient (Wildman–Crippen LogP) is 2.94. The fraction of sp³-hybridized carbons (Fsp3) is 0.200. The molecular weight excluding hydrogens is 244 g/mol. The number of alkyl halides is 1. The first-order chi connectivity index (χ1) is 6.81. The molecule has 3 nitrogen and oxygen atoms in total. The molecule has 0 amide bonds. The lowest BCUT2D eigenvalue weighted by Crippen LogP contribution is -1.95. The average molecular weight is 253 g/mol. The molecule has 0 spiro atoms. The fourth-order valence-electron chi connectivity index (χ4n) is 1.14. The van der Waals surface area contributed by atoms with Gasteiger partial charge in [-0.2, -0.15) is 0 Å². The number of furan rings is 1. The largest absolute Gasteiger partial charge is 0.461 e. The maximum absolute atomic E-state index is 5.22. The van der Waals surface area contributed by atoms with Gasteiger partial charge in [0.15, 0.2) is 11.6 Å². The lowest BCUT2D eigenvalue weighted by atomic mass is 10.3. The van der Waals surface area contributed by atoms with Crippen LogP contribution in [0.2, 0.25) is 0 Å². The zero-order valence-electron chi connectivity index (χ0n) is 7.70. The van der Waals surface area contributed by atoms with Crippen molar-refractivity contribution in [1.82, 2.24) is 9.97 Å². The van der Waals surface area contributed by atoms with Gasteiger partial charge in [-0.1, -0.05) is 15.9 Å². The molecule has 72 valence electrons. The summed E-state index contributed by atoms with van der Waals surface area (Å²) in [5.74, 6) is 1.34. The Morgan fingerprint density at radius 1 is 1.50 bits per heavy atom. The quantitative estimate of drug-likeness (QED) is 0.772. The summed E-state index contributed by atoms with van der Waals surface area (Å²) >= 11 is 3.38. The minimum Gasteiger partial charge on any atom is -0.461 e. The molecule has 0 aliphatic carbocycles. The molecule has 0 aliphatic heterocycles. The highest BCUT2D eigenvalue weighted by molar-refractivity contribution is 9.08. The Kier molecular flexibility index (Phi) is 2.63. The van der Waals surface area contributed by atoms with Crippen molar-refractivity contribution in [3.63, 3.8) is 0 Å². The van der Waals surface area contributed by atoms with E-state index in [1.165, 1.54) is 0 Å². The second kappa shape index (κ2) is 3.92. The molecule has 2 heterocycles. The van der Waals surface area contributed by atoms with E-state index in [4.69, 9.17) is 4.42 Å². The molecule has 2 aromatic heterocycles. The molecule has 2 rings (SSSR count). The Bertz CT molecular complexity index is 426. The number of aryl methyl sites for hydroxylation is 1. The van der Waals surface area contributed by atoms with Crippen molar-refractivity contribution in [2.45, 2.75) is 12.3 Å². The molecule has 0 radical (unpaired) electrons. The van der Waals surface area contributed by atoms with Crippen molar-refractivity contribution in [3.8, 4) is 11.6 Å². The second-order valence-corrected chi connectivity index (χ2v) is 3.49. The lowest BCUT2D eigenvalue weighted by Gasteiger charge is -2.01. The van der Waals surface area contributed by atoms with Crippen LogP contribution in [-0.2, 0) is 5.33 Å². The molecule has 0 unspecified atom stereocenters. The van der Waals surface area contributed by atoms with Gasteiger partial charge < -0.3 is 4.42 Å². The van der Waals surface area contributed by atoms with Crippen LogP contribution in [0.1, 0.15) is 11.3 Å². The standard InChI is InChI=1S/C10H9BrN2O/c1-7-6-12-10(13-8(7)5-11)9-3-2-4-14-9/h2-4,6H,5H2,1H3. The third kappa shape index (κ3) is 1.70. The first kappa shape index (κ1) is 9.40. The van der Waals surface area contributed by atoms with Crippen LogP contribution in [0.15, 0.2) is 29.0 Å².